The van der Waals surface area contributed by atoms with Gasteiger partial charge in [-0.25, -0.2) is 4.79 Å². The first-order chi connectivity index (χ1) is 8.90. The van der Waals surface area contributed by atoms with Crippen molar-refractivity contribution in [2.45, 2.75) is 32.8 Å². The van der Waals surface area contributed by atoms with Crippen LogP contribution in [0.25, 0.3) is 10.9 Å². The van der Waals surface area contributed by atoms with Crippen LogP contribution in [0, 0.1) is 0 Å². The highest BCUT2D eigenvalue weighted by molar-refractivity contribution is 5.89. The molecule has 0 spiro atoms. The molecule has 0 radical (unpaired) electrons. The van der Waals surface area contributed by atoms with Gasteiger partial charge in [-0.15, -0.1) is 0 Å². The fraction of sp³-hybridized carbons (Fsp3) is 0.400. The van der Waals surface area contributed by atoms with Crippen molar-refractivity contribution in [1.82, 2.24) is 4.57 Å². The predicted octanol–water partition coefficient (Wildman–Crippen LogP) is 2.93. The predicted molar refractivity (Wildman–Crippen MR) is 76.3 cm³/mol. The quantitative estimate of drug-likeness (QED) is 0.903. The molecule has 0 aliphatic heterocycles. The minimum Gasteiger partial charge on any atom is -0.443 e. The van der Waals surface area contributed by atoms with Crippen molar-refractivity contribution >= 4 is 17.0 Å². The van der Waals surface area contributed by atoms with Crippen LogP contribution in [0.1, 0.15) is 26.3 Å². The van der Waals surface area contributed by atoms with Crippen LogP contribution in [0.2, 0.25) is 0 Å². The van der Waals surface area contributed by atoms with Crippen LogP contribution in [-0.2, 0) is 11.2 Å². The van der Waals surface area contributed by atoms with Gasteiger partial charge < -0.3 is 10.5 Å². The van der Waals surface area contributed by atoms with Crippen molar-refractivity contribution in [3.05, 3.63) is 36.0 Å². The van der Waals surface area contributed by atoms with Gasteiger partial charge in [0.1, 0.15) is 5.60 Å². The van der Waals surface area contributed by atoms with Crippen LogP contribution in [0.15, 0.2) is 30.5 Å². The Hall–Kier alpha value is -1.81. The topological polar surface area (TPSA) is 57.2 Å². The van der Waals surface area contributed by atoms with E-state index in [4.69, 9.17) is 10.5 Å². The molecule has 0 fully saturated rings. The Labute approximate surface area is 113 Å². The molecule has 0 aliphatic carbocycles. The Morgan fingerprint density at radius 3 is 2.68 bits per heavy atom. The molecule has 0 bridgehead atoms. The lowest BCUT2D eigenvalue weighted by Crippen LogP contribution is -2.26. The minimum atomic E-state index is -0.493. The van der Waals surface area contributed by atoms with E-state index in [2.05, 4.69) is 6.07 Å². The molecule has 2 N–H and O–H groups in total. The summed E-state index contributed by atoms with van der Waals surface area (Å²) in [7, 11) is 0. The normalized spacial score (nSPS) is 11.8. The first-order valence-electron chi connectivity index (χ1n) is 6.44. The van der Waals surface area contributed by atoms with Crippen LogP contribution < -0.4 is 5.73 Å². The third-order valence-corrected chi connectivity index (χ3v) is 2.78. The number of aromatic nitrogens is 1. The number of nitrogens with zero attached hydrogens (tertiary/aromatic N) is 1. The molecule has 0 saturated heterocycles. The van der Waals surface area contributed by atoms with E-state index in [0.717, 1.165) is 17.3 Å². The largest absolute Gasteiger partial charge is 0.443 e. The number of carbonyl (C=O) groups excluding carboxylic acids is 1. The number of carbonyl (C=O) groups is 1. The fourth-order valence-corrected chi connectivity index (χ4v) is 1.98. The number of rotatable bonds is 2. The summed E-state index contributed by atoms with van der Waals surface area (Å²) in [5.74, 6) is 0. The Balaban J connectivity index is 2.33. The summed E-state index contributed by atoms with van der Waals surface area (Å²) >= 11 is 0. The molecule has 2 rings (SSSR count). The maximum Gasteiger partial charge on any atom is 0.418 e. The van der Waals surface area contributed by atoms with Gasteiger partial charge in [0.05, 0.1) is 5.52 Å². The molecule has 0 atom stereocenters. The van der Waals surface area contributed by atoms with Crippen LogP contribution in [0.3, 0.4) is 0 Å². The Bertz CT molecular complexity index is 594. The lowest BCUT2D eigenvalue weighted by molar-refractivity contribution is 0.0544. The van der Waals surface area contributed by atoms with Crippen LogP contribution in [0.4, 0.5) is 4.79 Å². The van der Waals surface area contributed by atoms with E-state index >= 15 is 0 Å². The summed E-state index contributed by atoms with van der Waals surface area (Å²) in [5.41, 5.74) is 7.09. The molecule has 102 valence electrons. The molecule has 19 heavy (non-hydrogen) atoms. The van der Waals surface area contributed by atoms with Gasteiger partial charge in [0.15, 0.2) is 0 Å². The average molecular weight is 260 g/mol. The van der Waals surface area contributed by atoms with Gasteiger partial charge in [0.2, 0.25) is 0 Å². The average Bonchev–Trinajstić information content (AvgIpc) is 2.70. The number of hydrogen-bond donors (Lipinski definition) is 1. The highest BCUT2D eigenvalue weighted by atomic mass is 16.6. The summed E-state index contributed by atoms with van der Waals surface area (Å²) < 4.78 is 6.91. The third-order valence-electron chi connectivity index (χ3n) is 2.78. The smallest absolute Gasteiger partial charge is 0.418 e. The summed E-state index contributed by atoms with van der Waals surface area (Å²) in [5, 5.41) is 1.02. The molecule has 0 unspecified atom stereocenters. The molecular formula is C15H20N2O2. The summed E-state index contributed by atoms with van der Waals surface area (Å²) in [6, 6.07) is 7.91. The van der Waals surface area contributed by atoms with Gasteiger partial charge in [-0.3, -0.25) is 4.57 Å². The number of ether oxygens (including phenoxy) is 1. The second-order valence-corrected chi connectivity index (χ2v) is 5.60. The molecule has 0 saturated carbocycles. The minimum absolute atomic E-state index is 0.353. The second-order valence-electron chi connectivity index (χ2n) is 5.60. The number of hydrogen-bond acceptors (Lipinski definition) is 3. The molecule has 1 aromatic carbocycles. The molecule has 2 aromatic rings. The zero-order valence-electron chi connectivity index (χ0n) is 11.6. The van der Waals surface area contributed by atoms with Gasteiger partial charge >= 0.3 is 6.09 Å². The second kappa shape index (κ2) is 5.05. The standard InChI is InChI=1S/C15H20N2O2/c1-15(2,3)19-14(18)17-9-7-12-10-11(6-8-16)4-5-13(12)17/h4-5,7,9-10H,6,8,16H2,1-3H3. The third kappa shape index (κ3) is 3.15. The number of fused-ring (bicyclic) bond motifs is 1. The summed E-state index contributed by atoms with van der Waals surface area (Å²) in [6.07, 6.45) is 2.23. The van der Waals surface area contributed by atoms with Crippen molar-refractivity contribution in [1.29, 1.82) is 0 Å². The van der Waals surface area contributed by atoms with Gasteiger partial charge in [-0.2, -0.15) is 0 Å². The van der Waals surface area contributed by atoms with Crippen molar-refractivity contribution in [3.63, 3.8) is 0 Å². The lowest BCUT2D eigenvalue weighted by Gasteiger charge is -2.19. The van der Waals surface area contributed by atoms with Crippen LogP contribution >= 0.6 is 0 Å². The first kappa shape index (κ1) is 13.6. The molecule has 0 aliphatic rings. The SMILES string of the molecule is CC(C)(C)OC(=O)n1ccc2cc(CCN)ccc21. The molecule has 1 aromatic heterocycles. The maximum atomic E-state index is 12.1. The van der Waals surface area contributed by atoms with Gasteiger partial charge in [-0.1, -0.05) is 6.07 Å². The van der Waals surface area contributed by atoms with E-state index < -0.39 is 5.60 Å². The first-order valence-corrected chi connectivity index (χ1v) is 6.44. The molecular weight excluding hydrogens is 240 g/mol. The Kier molecular flexibility index (Phi) is 3.62. The van der Waals surface area contributed by atoms with Gasteiger partial charge in [-0.05, 0) is 57.5 Å². The monoisotopic (exact) mass is 260 g/mol. The van der Waals surface area contributed by atoms with Crippen molar-refractivity contribution in [3.8, 4) is 0 Å². The van der Waals surface area contributed by atoms with Gasteiger partial charge in [0, 0.05) is 11.6 Å². The van der Waals surface area contributed by atoms with Crippen LogP contribution in [-0.4, -0.2) is 22.8 Å². The van der Waals surface area contributed by atoms with Gasteiger partial charge in [0.25, 0.3) is 0 Å². The summed E-state index contributed by atoms with van der Waals surface area (Å²) in [4.78, 5) is 12.1. The van der Waals surface area contributed by atoms with Crippen LogP contribution in [0.5, 0.6) is 0 Å². The van der Waals surface area contributed by atoms with E-state index in [-0.39, 0.29) is 6.09 Å². The number of nitrogens with two attached hydrogens (primary N) is 1. The van der Waals surface area contributed by atoms with E-state index in [1.165, 1.54) is 10.1 Å². The van der Waals surface area contributed by atoms with E-state index in [9.17, 15) is 4.79 Å². The van der Waals surface area contributed by atoms with Crippen molar-refractivity contribution in [2.24, 2.45) is 5.73 Å². The van der Waals surface area contributed by atoms with E-state index in [1.807, 2.05) is 39.0 Å². The molecule has 4 heteroatoms. The zero-order chi connectivity index (χ0) is 14.0. The zero-order valence-corrected chi connectivity index (χ0v) is 11.6. The van der Waals surface area contributed by atoms with E-state index in [0.29, 0.717) is 6.54 Å². The molecule has 0 amide bonds. The Morgan fingerprint density at radius 2 is 2.05 bits per heavy atom. The number of benzene rings is 1. The van der Waals surface area contributed by atoms with Crippen molar-refractivity contribution < 1.29 is 9.53 Å². The fourth-order valence-electron chi connectivity index (χ4n) is 1.98. The molecule has 4 nitrogen and oxygen atoms in total. The van der Waals surface area contributed by atoms with E-state index in [1.54, 1.807) is 6.20 Å². The molecule has 1 heterocycles. The summed E-state index contributed by atoms with van der Waals surface area (Å²) in [6.45, 7) is 6.19. The lowest BCUT2D eigenvalue weighted by atomic mass is 10.1. The Morgan fingerprint density at radius 1 is 1.32 bits per heavy atom. The maximum absolute atomic E-state index is 12.1. The highest BCUT2D eigenvalue weighted by Gasteiger charge is 2.18. The van der Waals surface area contributed by atoms with Crippen molar-refractivity contribution in [2.75, 3.05) is 6.54 Å². The highest BCUT2D eigenvalue weighted by Crippen LogP contribution is 2.19.